The topological polar surface area (TPSA) is 58.9 Å². The molecule has 0 aromatic carbocycles. The third kappa shape index (κ3) is 3.57. The predicted octanol–water partition coefficient (Wildman–Crippen LogP) is 1.29. The van der Waals surface area contributed by atoms with Crippen molar-refractivity contribution in [1.82, 2.24) is 20.4 Å². The Balaban J connectivity index is 2.67. The van der Waals surface area contributed by atoms with Gasteiger partial charge in [0.05, 0.1) is 17.3 Å². The zero-order valence-electron chi connectivity index (χ0n) is 12.0. The van der Waals surface area contributed by atoms with Crippen LogP contribution in [0.5, 0.6) is 0 Å². The molecule has 0 fully saturated rings. The number of aromatic nitrogens is 2. The molecular formula is C13H24N4O. The summed E-state index contributed by atoms with van der Waals surface area (Å²) in [6.07, 6.45) is 1.64. The van der Waals surface area contributed by atoms with E-state index < -0.39 is 0 Å². The number of hydrogen-bond donors (Lipinski definition) is 2. The van der Waals surface area contributed by atoms with E-state index in [9.17, 15) is 4.79 Å². The van der Waals surface area contributed by atoms with Crippen LogP contribution in [-0.2, 0) is 5.54 Å². The first kappa shape index (κ1) is 14.7. The molecule has 1 rings (SSSR count). The average molecular weight is 252 g/mol. The highest BCUT2D eigenvalue weighted by Gasteiger charge is 2.21. The fourth-order valence-corrected chi connectivity index (χ4v) is 1.85. The molecule has 1 aromatic heterocycles. The van der Waals surface area contributed by atoms with Crippen LogP contribution in [0.3, 0.4) is 0 Å². The summed E-state index contributed by atoms with van der Waals surface area (Å²) in [5.74, 6) is -0.0547. The van der Waals surface area contributed by atoms with Crippen LogP contribution in [0.4, 0.5) is 0 Å². The largest absolute Gasteiger partial charge is 0.351 e. The third-order valence-electron chi connectivity index (χ3n) is 2.73. The lowest BCUT2D eigenvalue weighted by Gasteiger charge is -2.21. The number of rotatable bonds is 5. The maximum atomic E-state index is 12.0. The fourth-order valence-electron chi connectivity index (χ4n) is 1.85. The highest BCUT2D eigenvalue weighted by molar-refractivity contribution is 5.95. The summed E-state index contributed by atoms with van der Waals surface area (Å²) in [5, 5.41) is 10.3. The van der Waals surface area contributed by atoms with E-state index in [1.54, 1.807) is 6.20 Å². The molecule has 0 aliphatic carbocycles. The summed E-state index contributed by atoms with van der Waals surface area (Å²) in [6, 6.07) is 0. The molecule has 0 atom stereocenters. The van der Waals surface area contributed by atoms with Gasteiger partial charge in [0.25, 0.3) is 5.91 Å². The van der Waals surface area contributed by atoms with Gasteiger partial charge in [-0.15, -0.1) is 0 Å². The Hall–Kier alpha value is -1.36. The van der Waals surface area contributed by atoms with E-state index in [0.29, 0.717) is 12.1 Å². The van der Waals surface area contributed by atoms with Crippen molar-refractivity contribution in [2.75, 3.05) is 19.6 Å². The first-order chi connectivity index (χ1) is 8.38. The van der Waals surface area contributed by atoms with Gasteiger partial charge in [0, 0.05) is 18.8 Å². The van der Waals surface area contributed by atoms with Crippen LogP contribution in [0, 0.1) is 6.92 Å². The molecule has 0 unspecified atom stereocenters. The number of carbonyl (C=O) groups excluding carboxylic acids is 1. The van der Waals surface area contributed by atoms with Crippen molar-refractivity contribution in [3.05, 3.63) is 17.5 Å². The number of nitrogens with one attached hydrogen (secondary N) is 2. The molecule has 1 amide bonds. The lowest BCUT2D eigenvalue weighted by molar-refractivity contribution is 0.0953. The number of likely N-dealkylation sites (N-methyl/N-ethyl adjacent to an activating group) is 1. The lowest BCUT2D eigenvalue weighted by atomic mass is 10.1. The molecule has 2 N–H and O–H groups in total. The van der Waals surface area contributed by atoms with Crippen LogP contribution >= 0.6 is 0 Å². The standard InChI is InChI=1S/C13H24N4O/c1-6-14-7-8-15-12(18)11-9-16-17(10(11)2)13(3,4)5/h9,14H,6-8H2,1-5H3,(H,15,18). The van der Waals surface area contributed by atoms with E-state index in [2.05, 4.69) is 36.5 Å². The SMILES string of the molecule is CCNCCNC(=O)c1cnn(C(C)(C)C)c1C. The van der Waals surface area contributed by atoms with Gasteiger partial charge < -0.3 is 10.6 Å². The van der Waals surface area contributed by atoms with Crippen molar-refractivity contribution in [2.24, 2.45) is 0 Å². The molecular weight excluding hydrogens is 228 g/mol. The zero-order chi connectivity index (χ0) is 13.8. The molecule has 0 aliphatic rings. The van der Waals surface area contributed by atoms with Gasteiger partial charge in [0.2, 0.25) is 0 Å². The summed E-state index contributed by atoms with van der Waals surface area (Å²) in [4.78, 5) is 12.0. The summed E-state index contributed by atoms with van der Waals surface area (Å²) in [7, 11) is 0. The van der Waals surface area contributed by atoms with Gasteiger partial charge in [-0.1, -0.05) is 6.92 Å². The fraction of sp³-hybridized carbons (Fsp3) is 0.692. The molecule has 0 bridgehead atoms. The molecule has 5 nitrogen and oxygen atoms in total. The monoisotopic (exact) mass is 252 g/mol. The van der Waals surface area contributed by atoms with Crippen molar-refractivity contribution in [2.45, 2.75) is 40.2 Å². The molecule has 0 saturated heterocycles. The second kappa shape index (κ2) is 6.00. The Morgan fingerprint density at radius 2 is 2.06 bits per heavy atom. The summed E-state index contributed by atoms with van der Waals surface area (Å²) in [6.45, 7) is 12.5. The van der Waals surface area contributed by atoms with Crippen molar-refractivity contribution < 1.29 is 4.79 Å². The van der Waals surface area contributed by atoms with Gasteiger partial charge >= 0.3 is 0 Å². The van der Waals surface area contributed by atoms with Gasteiger partial charge in [-0.2, -0.15) is 5.10 Å². The van der Waals surface area contributed by atoms with Crippen molar-refractivity contribution in [1.29, 1.82) is 0 Å². The smallest absolute Gasteiger partial charge is 0.254 e. The number of amides is 1. The van der Waals surface area contributed by atoms with Gasteiger partial charge in [0.15, 0.2) is 0 Å². The molecule has 1 aromatic rings. The van der Waals surface area contributed by atoms with Crippen LogP contribution in [0.2, 0.25) is 0 Å². The highest BCUT2D eigenvalue weighted by Crippen LogP contribution is 2.17. The predicted molar refractivity (Wildman–Crippen MR) is 72.8 cm³/mol. The van der Waals surface area contributed by atoms with E-state index in [4.69, 9.17) is 0 Å². The van der Waals surface area contributed by atoms with Crippen LogP contribution < -0.4 is 10.6 Å². The normalized spacial score (nSPS) is 11.6. The summed E-state index contributed by atoms with van der Waals surface area (Å²) >= 11 is 0. The number of carbonyl (C=O) groups is 1. The van der Waals surface area contributed by atoms with Crippen LogP contribution in [0.25, 0.3) is 0 Å². The van der Waals surface area contributed by atoms with Crippen LogP contribution in [-0.4, -0.2) is 35.3 Å². The molecule has 102 valence electrons. The molecule has 18 heavy (non-hydrogen) atoms. The average Bonchev–Trinajstić information content (AvgIpc) is 2.66. The molecule has 0 spiro atoms. The third-order valence-corrected chi connectivity index (χ3v) is 2.73. The van der Waals surface area contributed by atoms with Crippen molar-refractivity contribution in [3.63, 3.8) is 0 Å². The van der Waals surface area contributed by atoms with Crippen molar-refractivity contribution >= 4 is 5.91 Å². The first-order valence-corrected chi connectivity index (χ1v) is 6.42. The van der Waals surface area contributed by atoms with Gasteiger partial charge in [0.1, 0.15) is 0 Å². The minimum absolute atomic E-state index is 0.0547. The number of hydrogen-bond acceptors (Lipinski definition) is 3. The Morgan fingerprint density at radius 3 is 2.56 bits per heavy atom. The van der Waals surface area contributed by atoms with Crippen LogP contribution in [0.1, 0.15) is 43.7 Å². The highest BCUT2D eigenvalue weighted by atomic mass is 16.1. The van der Waals surface area contributed by atoms with Gasteiger partial charge in [-0.05, 0) is 34.2 Å². The van der Waals surface area contributed by atoms with E-state index in [0.717, 1.165) is 18.8 Å². The van der Waals surface area contributed by atoms with E-state index in [-0.39, 0.29) is 11.4 Å². The molecule has 0 aliphatic heterocycles. The molecule has 5 heteroatoms. The summed E-state index contributed by atoms with van der Waals surface area (Å²) in [5.41, 5.74) is 1.46. The van der Waals surface area contributed by atoms with E-state index >= 15 is 0 Å². The van der Waals surface area contributed by atoms with Crippen molar-refractivity contribution in [3.8, 4) is 0 Å². The summed E-state index contributed by atoms with van der Waals surface area (Å²) < 4.78 is 1.88. The first-order valence-electron chi connectivity index (χ1n) is 6.42. The Kier molecular flexibility index (Phi) is 4.90. The molecule has 1 heterocycles. The molecule has 0 radical (unpaired) electrons. The minimum Gasteiger partial charge on any atom is -0.351 e. The van der Waals surface area contributed by atoms with Gasteiger partial charge in [-0.25, -0.2) is 0 Å². The maximum Gasteiger partial charge on any atom is 0.254 e. The second-order valence-electron chi connectivity index (χ2n) is 5.34. The minimum atomic E-state index is -0.105. The number of nitrogens with zero attached hydrogens (tertiary/aromatic N) is 2. The Bertz CT molecular complexity index is 404. The Labute approximate surface area is 109 Å². The Morgan fingerprint density at radius 1 is 1.39 bits per heavy atom. The second-order valence-corrected chi connectivity index (χ2v) is 5.34. The molecule has 0 saturated carbocycles. The maximum absolute atomic E-state index is 12.0. The van der Waals surface area contributed by atoms with Gasteiger partial charge in [-0.3, -0.25) is 9.48 Å². The van der Waals surface area contributed by atoms with E-state index in [1.165, 1.54) is 0 Å². The lowest BCUT2D eigenvalue weighted by Crippen LogP contribution is -2.32. The van der Waals surface area contributed by atoms with Crippen LogP contribution in [0.15, 0.2) is 6.20 Å². The zero-order valence-corrected chi connectivity index (χ0v) is 12.0. The quantitative estimate of drug-likeness (QED) is 0.776. The van der Waals surface area contributed by atoms with E-state index in [1.807, 2.05) is 18.5 Å².